The van der Waals surface area contributed by atoms with Gasteiger partial charge in [0, 0.05) is 30.4 Å². The molecule has 0 bridgehead atoms. The van der Waals surface area contributed by atoms with Crippen LogP contribution in [0.25, 0.3) is 0 Å². The molecule has 0 unspecified atom stereocenters. The number of rotatable bonds is 6. The molecule has 28 heavy (non-hydrogen) atoms. The monoisotopic (exact) mass is 398 g/mol. The van der Waals surface area contributed by atoms with Gasteiger partial charge in [0.2, 0.25) is 11.8 Å². The number of nitrogens with zero attached hydrogens (tertiary/aromatic N) is 4. The quantitative estimate of drug-likeness (QED) is 0.682. The Labute approximate surface area is 159 Å². The lowest BCUT2D eigenvalue weighted by Gasteiger charge is -2.49. The van der Waals surface area contributed by atoms with E-state index in [1.165, 1.54) is 19.6 Å². The molecule has 3 rings (SSSR count). The van der Waals surface area contributed by atoms with Gasteiger partial charge in [-0.2, -0.15) is 18.2 Å². The van der Waals surface area contributed by atoms with Crippen molar-refractivity contribution >= 4 is 11.8 Å². The molecule has 8 nitrogen and oxygen atoms in total. The van der Waals surface area contributed by atoms with Crippen molar-refractivity contribution in [2.45, 2.75) is 45.1 Å². The average Bonchev–Trinajstić information content (AvgIpc) is 2.65. The largest absolute Gasteiger partial charge is 0.481 e. The van der Waals surface area contributed by atoms with E-state index < -0.39 is 23.3 Å². The van der Waals surface area contributed by atoms with Crippen LogP contribution < -0.4 is 15.4 Å². The summed E-state index contributed by atoms with van der Waals surface area (Å²) >= 11 is 0. The van der Waals surface area contributed by atoms with Crippen molar-refractivity contribution in [2.24, 2.45) is 5.41 Å². The molecule has 0 aromatic carbocycles. The maximum Gasteiger partial charge on any atom is 0.421 e. The first-order valence-electron chi connectivity index (χ1n) is 8.58. The Balaban J connectivity index is 1.81. The van der Waals surface area contributed by atoms with Crippen LogP contribution in [0, 0.1) is 5.41 Å². The molecule has 2 aromatic rings. The number of hydrogen-bond acceptors (Lipinski definition) is 8. The number of hydrogen-bond donors (Lipinski definition) is 3. The Morgan fingerprint density at radius 3 is 2.64 bits per heavy atom. The minimum Gasteiger partial charge on any atom is -0.481 e. The maximum absolute atomic E-state index is 13.3. The fraction of sp³-hybridized carbons (Fsp3) is 0.529. The number of alkyl halides is 3. The zero-order chi connectivity index (χ0) is 20.5. The van der Waals surface area contributed by atoms with Crippen LogP contribution in [-0.2, 0) is 12.7 Å². The summed E-state index contributed by atoms with van der Waals surface area (Å²) in [6.07, 6.45) is -1.25. The predicted molar refractivity (Wildman–Crippen MR) is 94.8 cm³/mol. The molecule has 1 fully saturated rings. The zero-order valence-electron chi connectivity index (χ0n) is 15.6. The number of halogens is 3. The molecule has 11 heteroatoms. The Hall–Kier alpha value is -2.69. The van der Waals surface area contributed by atoms with E-state index in [2.05, 4.69) is 30.6 Å². The van der Waals surface area contributed by atoms with Gasteiger partial charge in [-0.3, -0.25) is 0 Å². The Kier molecular flexibility index (Phi) is 5.28. The molecule has 3 N–H and O–H groups in total. The highest BCUT2D eigenvalue weighted by Crippen LogP contribution is 2.43. The van der Waals surface area contributed by atoms with Crippen molar-refractivity contribution in [2.75, 3.05) is 17.7 Å². The van der Waals surface area contributed by atoms with E-state index >= 15 is 0 Å². The second kappa shape index (κ2) is 7.38. The summed E-state index contributed by atoms with van der Waals surface area (Å²) in [4.78, 5) is 15.6. The highest BCUT2D eigenvalue weighted by atomic mass is 19.4. The number of aromatic nitrogens is 4. The van der Waals surface area contributed by atoms with Crippen LogP contribution in [0.5, 0.6) is 5.88 Å². The van der Waals surface area contributed by atoms with Crippen LogP contribution in [0.3, 0.4) is 0 Å². The molecule has 152 valence electrons. The fourth-order valence-electron chi connectivity index (χ4n) is 2.92. The van der Waals surface area contributed by atoms with Crippen molar-refractivity contribution in [3.63, 3.8) is 0 Å². The van der Waals surface area contributed by atoms with Crippen molar-refractivity contribution in [3.05, 3.63) is 29.8 Å². The number of anilines is 2. The molecule has 0 saturated heterocycles. The first-order valence-corrected chi connectivity index (χ1v) is 8.58. The smallest absolute Gasteiger partial charge is 0.421 e. The van der Waals surface area contributed by atoms with Gasteiger partial charge in [-0.15, -0.1) is 0 Å². The molecular formula is C17H21F3N6O2. The molecule has 2 aromatic heterocycles. The van der Waals surface area contributed by atoms with Gasteiger partial charge in [-0.25, -0.2) is 15.0 Å². The number of ether oxygens (including phenoxy) is 1. The van der Waals surface area contributed by atoms with E-state index in [9.17, 15) is 18.3 Å². The molecule has 2 heterocycles. The number of aliphatic hydroxyl groups is 1. The Morgan fingerprint density at radius 1 is 1.29 bits per heavy atom. The van der Waals surface area contributed by atoms with E-state index in [1.807, 2.05) is 0 Å². The summed E-state index contributed by atoms with van der Waals surface area (Å²) in [5.74, 6) is 0.0308. The minimum atomic E-state index is -4.61. The highest BCUT2D eigenvalue weighted by Gasteiger charge is 2.48. The lowest BCUT2D eigenvalue weighted by molar-refractivity contribution is -0.137. The first kappa shape index (κ1) is 20.1. The molecule has 2 atom stereocenters. The first-order chi connectivity index (χ1) is 13.1. The SMILES string of the molecule is COc1ncncc1CNc1ncc(C(F)(F)F)c(N[C@@H]2C[C@H](O)C2(C)C)n1. The Morgan fingerprint density at radius 2 is 2.04 bits per heavy atom. The van der Waals surface area contributed by atoms with E-state index in [-0.39, 0.29) is 24.4 Å². The summed E-state index contributed by atoms with van der Waals surface area (Å²) in [5, 5.41) is 15.5. The lowest BCUT2D eigenvalue weighted by Crippen LogP contribution is -2.57. The standard InChI is InChI=1S/C17H21F3N6O2/c1-16(2)11(4-12(16)27)25-13-10(17(18,19)20)7-23-15(26-13)22-6-9-5-21-8-24-14(9)28-3/h5,7-8,11-12,27H,4,6H2,1-3H3,(H2,22,23,25,26)/t11-,12+/m1/s1. The van der Waals surface area contributed by atoms with Crippen molar-refractivity contribution in [1.29, 1.82) is 0 Å². The Bertz CT molecular complexity index is 846. The van der Waals surface area contributed by atoms with Crippen molar-refractivity contribution < 1.29 is 23.0 Å². The molecule has 1 aliphatic carbocycles. The van der Waals surface area contributed by atoms with Crippen LogP contribution in [0.4, 0.5) is 24.9 Å². The molecular weight excluding hydrogens is 377 g/mol. The predicted octanol–water partition coefficient (Wildman–Crippen LogP) is 2.48. The maximum atomic E-state index is 13.3. The summed E-state index contributed by atoms with van der Waals surface area (Å²) in [5.41, 5.74) is -0.919. The van der Waals surface area contributed by atoms with Gasteiger partial charge in [0.05, 0.1) is 18.8 Å². The summed E-state index contributed by atoms with van der Waals surface area (Å²) in [6, 6.07) is -0.339. The van der Waals surface area contributed by atoms with Gasteiger partial charge in [-0.1, -0.05) is 13.8 Å². The third kappa shape index (κ3) is 3.93. The summed E-state index contributed by atoms with van der Waals surface area (Å²) in [7, 11) is 1.46. The minimum absolute atomic E-state index is 0.0130. The van der Waals surface area contributed by atoms with E-state index in [4.69, 9.17) is 4.74 Å². The third-order valence-corrected chi connectivity index (χ3v) is 5.00. The normalized spacial score (nSPS) is 21.0. The zero-order valence-corrected chi connectivity index (χ0v) is 15.6. The summed E-state index contributed by atoms with van der Waals surface area (Å²) in [6.45, 7) is 3.74. The average molecular weight is 398 g/mol. The van der Waals surface area contributed by atoms with Crippen LogP contribution in [0.1, 0.15) is 31.4 Å². The van der Waals surface area contributed by atoms with Crippen LogP contribution in [0.2, 0.25) is 0 Å². The molecule has 0 aliphatic heterocycles. The van der Waals surface area contributed by atoms with Gasteiger partial charge < -0.3 is 20.5 Å². The highest BCUT2D eigenvalue weighted by molar-refractivity contribution is 5.50. The molecule has 0 spiro atoms. The van der Waals surface area contributed by atoms with Gasteiger partial charge >= 0.3 is 6.18 Å². The molecule has 0 amide bonds. The topological polar surface area (TPSA) is 105 Å². The van der Waals surface area contributed by atoms with E-state index in [0.717, 1.165) is 6.20 Å². The van der Waals surface area contributed by atoms with Gasteiger partial charge in [-0.05, 0) is 6.42 Å². The number of aliphatic hydroxyl groups excluding tert-OH is 1. The fourth-order valence-corrected chi connectivity index (χ4v) is 2.92. The number of methoxy groups -OCH3 is 1. The van der Waals surface area contributed by atoms with Gasteiger partial charge in [0.15, 0.2) is 0 Å². The molecule has 0 radical (unpaired) electrons. The number of nitrogens with one attached hydrogen (secondary N) is 2. The summed E-state index contributed by atoms with van der Waals surface area (Å²) < 4.78 is 45.2. The lowest BCUT2D eigenvalue weighted by atomic mass is 9.64. The van der Waals surface area contributed by atoms with Crippen LogP contribution in [-0.4, -0.2) is 44.3 Å². The molecule has 1 aliphatic rings. The van der Waals surface area contributed by atoms with Crippen LogP contribution >= 0.6 is 0 Å². The third-order valence-electron chi connectivity index (χ3n) is 5.00. The van der Waals surface area contributed by atoms with Crippen LogP contribution in [0.15, 0.2) is 18.7 Å². The van der Waals surface area contributed by atoms with Gasteiger partial charge in [0.25, 0.3) is 0 Å². The molecule has 1 saturated carbocycles. The van der Waals surface area contributed by atoms with E-state index in [0.29, 0.717) is 17.9 Å². The van der Waals surface area contributed by atoms with Gasteiger partial charge in [0.1, 0.15) is 17.7 Å². The van der Waals surface area contributed by atoms with Crippen molar-refractivity contribution in [1.82, 2.24) is 19.9 Å². The van der Waals surface area contributed by atoms with Crippen molar-refractivity contribution in [3.8, 4) is 5.88 Å². The second-order valence-electron chi connectivity index (χ2n) is 7.13. The second-order valence-corrected chi connectivity index (χ2v) is 7.13. The van der Waals surface area contributed by atoms with E-state index in [1.54, 1.807) is 13.8 Å².